The van der Waals surface area contributed by atoms with Crippen molar-refractivity contribution in [2.75, 3.05) is 5.32 Å². The van der Waals surface area contributed by atoms with E-state index < -0.39 is 27.9 Å². The molecule has 1 N–H and O–H groups in total. The first-order chi connectivity index (χ1) is 12.3. The molecule has 2 aromatic carbocycles. The summed E-state index contributed by atoms with van der Waals surface area (Å²) in [6, 6.07) is 11.5. The molecule has 8 heteroatoms. The van der Waals surface area contributed by atoms with Gasteiger partial charge < -0.3 is 5.32 Å². The van der Waals surface area contributed by atoms with Gasteiger partial charge in [0.15, 0.2) is 0 Å². The quantitative estimate of drug-likeness (QED) is 0.867. The van der Waals surface area contributed by atoms with Crippen molar-refractivity contribution in [3.05, 3.63) is 59.1 Å². The van der Waals surface area contributed by atoms with Gasteiger partial charge in [-0.2, -0.15) is 0 Å². The second-order valence-electron chi connectivity index (χ2n) is 6.06. The number of anilines is 1. The summed E-state index contributed by atoms with van der Waals surface area (Å²) in [6.07, 6.45) is 0.146. The number of nitrogens with one attached hydrogen (secondary N) is 1. The molecule has 0 aliphatic carbocycles. The fourth-order valence-electron chi connectivity index (χ4n) is 2.78. The van der Waals surface area contributed by atoms with E-state index in [0.717, 1.165) is 5.56 Å². The average Bonchev–Trinajstić information content (AvgIpc) is 3.00. The van der Waals surface area contributed by atoms with Crippen molar-refractivity contribution in [3.8, 4) is 0 Å². The van der Waals surface area contributed by atoms with Gasteiger partial charge >= 0.3 is 0 Å². The highest BCUT2D eigenvalue weighted by Crippen LogP contribution is 2.28. The number of hydrogen-bond acceptors (Lipinski definition) is 4. The van der Waals surface area contributed by atoms with Gasteiger partial charge in [-0.05, 0) is 49.7 Å². The summed E-state index contributed by atoms with van der Waals surface area (Å²) in [5.41, 5.74) is 1.38. The lowest BCUT2D eigenvalue weighted by molar-refractivity contribution is -0.128. The van der Waals surface area contributed by atoms with Gasteiger partial charge in [0.25, 0.3) is 10.0 Å². The standard InChI is InChI=1S/C18H17ClN2O4S/c1-12-2-8-15(9-3-12)26(24,25)21-16(10-11-17(21)22)18(23)20-14-6-4-13(19)5-7-14/h2-9,16H,10-11H2,1H3,(H,20,23)/t16-/m0/s1. The van der Waals surface area contributed by atoms with Crippen LogP contribution in [0.1, 0.15) is 18.4 Å². The molecule has 0 bridgehead atoms. The van der Waals surface area contributed by atoms with Gasteiger partial charge in [0.2, 0.25) is 11.8 Å². The molecule has 0 radical (unpaired) electrons. The van der Waals surface area contributed by atoms with Gasteiger partial charge in [0, 0.05) is 17.1 Å². The first-order valence-electron chi connectivity index (χ1n) is 7.99. The largest absolute Gasteiger partial charge is 0.324 e. The van der Waals surface area contributed by atoms with Crippen molar-refractivity contribution in [3.63, 3.8) is 0 Å². The number of rotatable bonds is 4. The van der Waals surface area contributed by atoms with E-state index in [2.05, 4.69) is 5.32 Å². The molecule has 0 unspecified atom stereocenters. The van der Waals surface area contributed by atoms with E-state index in [1.165, 1.54) is 12.1 Å². The second-order valence-corrected chi connectivity index (χ2v) is 8.31. The van der Waals surface area contributed by atoms with Gasteiger partial charge in [-0.1, -0.05) is 29.3 Å². The zero-order valence-electron chi connectivity index (χ0n) is 14.0. The van der Waals surface area contributed by atoms with E-state index in [0.29, 0.717) is 15.0 Å². The van der Waals surface area contributed by atoms with Crippen molar-refractivity contribution in [1.29, 1.82) is 0 Å². The third-order valence-corrected chi connectivity index (χ3v) is 6.25. The molecule has 0 spiro atoms. The second kappa shape index (κ2) is 7.09. The van der Waals surface area contributed by atoms with Crippen molar-refractivity contribution in [2.24, 2.45) is 0 Å². The van der Waals surface area contributed by atoms with Gasteiger partial charge in [0.05, 0.1) is 4.90 Å². The Morgan fingerprint density at radius 3 is 2.35 bits per heavy atom. The van der Waals surface area contributed by atoms with Crippen LogP contribution < -0.4 is 5.32 Å². The molecule has 1 atom stereocenters. The smallest absolute Gasteiger partial charge is 0.267 e. The zero-order chi connectivity index (χ0) is 18.9. The SMILES string of the molecule is Cc1ccc(S(=O)(=O)N2C(=O)CC[C@H]2C(=O)Nc2ccc(Cl)cc2)cc1. The number of carbonyl (C=O) groups excluding carboxylic acids is 2. The molecule has 6 nitrogen and oxygen atoms in total. The molecular formula is C18H17ClN2O4S. The van der Waals surface area contributed by atoms with Crippen LogP contribution in [0.3, 0.4) is 0 Å². The number of halogens is 1. The van der Waals surface area contributed by atoms with Gasteiger partial charge in [-0.15, -0.1) is 0 Å². The maximum Gasteiger partial charge on any atom is 0.267 e. The highest BCUT2D eigenvalue weighted by atomic mass is 35.5. The Hall–Kier alpha value is -2.38. The number of amides is 2. The molecule has 0 saturated carbocycles. The van der Waals surface area contributed by atoms with Crippen LogP contribution in [0.2, 0.25) is 5.02 Å². The first kappa shape index (κ1) is 18.4. The minimum absolute atomic E-state index is 0.00377. The number of carbonyl (C=O) groups is 2. The van der Waals surface area contributed by atoms with Crippen LogP contribution in [0.15, 0.2) is 53.4 Å². The highest BCUT2D eigenvalue weighted by molar-refractivity contribution is 7.89. The maximum atomic E-state index is 12.9. The van der Waals surface area contributed by atoms with Gasteiger partial charge in [-0.25, -0.2) is 12.7 Å². The zero-order valence-corrected chi connectivity index (χ0v) is 15.5. The molecule has 136 valence electrons. The summed E-state index contributed by atoms with van der Waals surface area (Å²) in [5, 5.41) is 3.15. The molecule has 26 heavy (non-hydrogen) atoms. The number of hydrogen-bond donors (Lipinski definition) is 1. The van der Waals surface area contributed by atoms with Crippen molar-refractivity contribution >= 4 is 39.1 Å². The van der Waals surface area contributed by atoms with Crippen LogP contribution in [0.4, 0.5) is 5.69 Å². The molecule has 1 heterocycles. The summed E-state index contributed by atoms with van der Waals surface area (Å²) in [5.74, 6) is -1.13. The van der Waals surface area contributed by atoms with E-state index in [1.807, 2.05) is 6.92 Å². The molecule has 1 saturated heterocycles. The van der Waals surface area contributed by atoms with Crippen LogP contribution in [0.25, 0.3) is 0 Å². The Labute approximate surface area is 156 Å². The van der Waals surface area contributed by atoms with Crippen LogP contribution in [-0.4, -0.2) is 30.6 Å². The maximum absolute atomic E-state index is 12.9. The van der Waals surface area contributed by atoms with E-state index in [4.69, 9.17) is 11.6 Å². The summed E-state index contributed by atoms with van der Waals surface area (Å²) in [4.78, 5) is 24.8. The third-order valence-electron chi connectivity index (χ3n) is 4.15. The Balaban J connectivity index is 1.87. The Morgan fingerprint density at radius 1 is 1.12 bits per heavy atom. The Morgan fingerprint density at radius 2 is 1.73 bits per heavy atom. The van der Waals surface area contributed by atoms with Crippen molar-refractivity contribution in [2.45, 2.75) is 30.7 Å². The lowest BCUT2D eigenvalue weighted by atomic mass is 10.2. The van der Waals surface area contributed by atoms with Gasteiger partial charge in [0.1, 0.15) is 6.04 Å². The van der Waals surface area contributed by atoms with Crippen LogP contribution in [0, 0.1) is 6.92 Å². The minimum atomic E-state index is -4.10. The lowest BCUT2D eigenvalue weighted by Crippen LogP contribution is -2.45. The molecule has 2 amide bonds. The molecule has 0 aromatic heterocycles. The summed E-state index contributed by atoms with van der Waals surface area (Å²) < 4.78 is 26.4. The molecule has 3 rings (SSSR count). The predicted octanol–water partition coefficient (Wildman–Crippen LogP) is 2.97. The fraction of sp³-hybridized carbons (Fsp3) is 0.222. The van der Waals surface area contributed by atoms with E-state index >= 15 is 0 Å². The van der Waals surface area contributed by atoms with Crippen molar-refractivity contribution < 1.29 is 18.0 Å². The molecule has 1 fully saturated rings. The van der Waals surface area contributed by atoms with Crippen LogP contribution >= 0.6 is 11.6 Å². The molecule has 1 aliphatic rings. The summed E-state index contributed by atoms with van der Waals surface area (Å²) in [6.45, 7) is 1.83. The number of benzene rings is 2. The molecule has 2 aromatic rings. The highest BCUT2D eigenvalue weighted by Gasteiger charge is 2.44. The van der Waals surface area contributed by atoms with Gasteiger partial charge in [-0.3, -0.25) is 9.59 Å². The topological polar surface area (TPSA) is 83.6 Å². The Kier molecular flexibility index (Phi) is 5.02. The Bertz CT molecular complexity index is 940. The normalized spacial score (nSPS) is 17.4. The lowest BCUT2D eigenvalue weighted by Gasteiger charge is -2.23. The fourth-order valence-corrected chi connectivity index (χ4v) is 4.51. The van der Waals surface area contributed by atoms with E-state index in [9.17, 15) is 18.0 Å². The average molecular weight is 393 g/mol. The predicted molar refractivity (Wildman–Crippen MR) is 98.3 cm³/mol. The van der Waals surface area contributed by atoms with Crippen molar-refractivity contribution in [1.82, 2.24) is 4.31 Å². The summed E-state index contributed by atoms with van der Waals surface area (Å²) >= 11 is 5.81. The summed E-state index contributed by atoms with van der Waals surface area (Å²) in [7, 11) is -4.10. The molecule has 1 aliphatic heterocycles. The van der Waals surface area contributed by atoms with Crippen LogP contribution in [0.5, 0.6) is 0 Å². The van der Waals surface area contributed by atoms with Crippen LogP contribution in [-0.2, 0) is 19.6 Å². The van der Waals surface area contributed by atoms with E-state index in [-0.39, 0.29) is 17.7 Å². The first-order valence-corrected chi connectivity index (χ1v) is 9.81. The number of aryl methyl sites for hydroxylation is 1. The molecular weight excluding hydrogens is 376 g/mol. The monoisotopic (exact) mass is 392 g/mol. The third kappa shape index (κ3) is 3.59. The van der Waals surface area contributed by atoms with E-state index in [1.54, 1.807) is 36.4 Å². The number of sulfonamides is 1. The number of nitrogens with zero attached hydrogens (tertiary/aromatic N) is 1. The minimum Gasteiger partial charge on any atom is -0.324 e.